The van der Waals surface area contributed by atoms with Crippen molar-refractivity contribution in [3.8, 4) is 11.5 Å². The maximum Gasteiger partial charge on any atom is 0.327 e. The third-order valence-electron chi connectivity index (χ3n) is 5.43. The highest BCUT2D eigenvalue weighted by molar-refractivity contribution is 6.31. The highest BCUT2D eigenvalue weighted by Crippen LogP contribution is 2.33. The van der Waals surface area contributed by atoms with Crippen LogP contribution in [0, 0.1) is 0 Å². The summed E-state index contributed by atoms with van der Waals surface area (Å²) in [5.41, 5.74) is 1.57. The van der Waals surface area contributed by atoms with Crippen molar-refractivity contribution in [1.82, 2.24) is 9.80 Å². The summed E-state index contributed by atoms with van der Waals surface area (Å²) in [5.74, 6) is 0.940. The predicted octanol–water partition coefficient (Wildman–Crippen LogP) is 3.14. The average Bonchev–Trinajstić information content (AvgIpc) is 3.27. The van der Waals surface area contributed by atoms with Crippen LogP contribution in [0.5, 0.6) is 11.5 Å². The number of fused-ring (bicyclic) bond motifs is 1. The third kappa shape index (κ3) is 4.68. The van der Waals surface area contributed by atoms with E-state index in [1.165, 1.54) is 7.11 Å². The highest BCUT2D eigenvalue weighted by atomic mass is 35.5. The van der Waals surface area contributed by atoms with Crippen molar-refractivity contribution in [2.45, 2.75) is 6.04 Å². The van der Waals surface area contributed by atoms with Gasteiger partial charge in [-0.25, -0.2) is 4.79 Å². The van der Waals surface area contributed by atoms with Crippen LogP contribution in [0.25, 0.3) is 6.08 Å². The van der Waals surface area contributed by atoms with Crippen molar-refractivity contribution >= 4 is 29.6 Å². The third-order valence-corrected chi connectivity index (χ3v) is 5.77. The Hall–Kier alpha value is -3.03. The number of hydrogen-bond donors (Lipinski definition) is 0. The minimum absolute atomic E-state index is 0.0790. The van der Waals surface area contributed by atoms with Gasteiger partial charge in [0, 0.05) is 37.3 Å². The molecule has 1 fully saturated rings. The molecular formula is C23H23ClN2O5. The summed E-state index contributed by atoms with van der Waals surface area (Å²) in [4.78, 5) is 28.9. The molecule has 0 aromatic heterocycles. The van der Waals surface area contributed by atoms with E-state index in [9.17, 15) is 9.59 Å². The lowest BCUT2D eigenvalue weighted by molar-refractivity contribution is -0.148. The zero-order valence-corrected chi connectivity index (χ0v) is 17.9. The Balaban J connectivity index is 1.39. The van der Waals surface area contributed by atoms with E-state index in [0.717, 1.165) is 5.56 Å². The molecule has 162 valence electrons. The van der Waals surface area contributed by atoms with Gasteiger partial charge in [-0.15, -0.1) is 0 Å². The highest BCUT2D eigenvalue weighted by Gasteiger charge is 2.33. The molecular weight excluding hydrogens is 420 g/mol. The smallest absolute Gasteiger partial charge is 0.327 e. The predicted molar refractivity (Wildman–Crippen MR) is 116 cm³/mol. The molecule has 0 bridgehead atoms. The molecule has 2 aromatic carbocycles. The van der Waals surface area contributed by atoms with Gasteiger partial charge in [0.2, 0.25) is 12.7 Å². The van der Waals surface area contributed by atoms with Crippen molar-refractivity contribution in [3.05, 3.63) is 64.7 Å². The molecule has 1 amide bonds. The number of methoxy groups -OCH3 is 1. The van der Waals surface area contributed by atoms with E-state index in [1.54, 1.807) is 23.1 Å². The molecule has 2 heterocycles. The minimum atomic E-state index is -0.597. The number of carbonyl (C=O) groups is 2. The van der Waals surface area contributed by atoms with E-state index < -0.39 is 6.04 Å². The zero-order chi connectivity index (χ0) is 21.8. The summed E-state index contributed by atoms with van der Waals surface area (Å²) in [6.45, 7) is 2.29. The molecule has 31 heavy (non-hydrogen) atoms. The molecule has 0 spiro atoms. The van der Waals surface area contributed by atoms with Gasteiger partial charge in [0.15, 0.2) is 11.5 Å². The standard InChI is InChI=1S/C23H23ClN2O5/c1-29-23(28)22(17-4-2-3-5-18(17)24)26-12-10-25(11-13-26)21(27)9-7-16-6-8-19-20(14-16)31-15-30-19/h2-9,14,22H,10-13,15H2,1H3/b9-7+. The normalized spacial score (nSPS) is 17.0. The fourth-order valence-electron chi connectivity index (χ4n) is 3.77. The largest absolute Gasteiger partial charge is 0.468 e. The van der Waals surface area contributed by atoms with E-state index in [0.29, 0.717) is 48.3 Å². The first-order valence-electron chi connectivity index (χ1n) is 10.00. The van der Waals surface area contributed by atoms with Gasteiger partial charge in [-0.2, -0.15) is 0 Å². The number of benzene rings is 2. The Morgan fingerprint density at radius 3 is 2.55 bits per heavy atom. The fourth-order valence-corrected chi connectivity index (χ4v) is 4.01. The number of hydrogen-bond acceptors (Lipinski definition) is 6. The van der Waals surface area contributed by atoms with Crippen molar-refractivity contribution in [1.29, 1.82) is 0 Å². The SMILES string of the molecule is COC(=O)C(c1ccccc1Cl)N1CCN(C(=O)/C=C/c2ccc3c(c2)OCO3)CC1. The quantitative estimate of drug-likeness (QED) is 0.523. The summed E-state index contributed by atoms with van der Waals surface area (Å²) in [6.07, 6.45) is 3.32. The molecule has 0 radical (unpaired) electrons. The number of nitrogens with zero attached hydrogens (tertiary/aromatic N) is 2. The molecule has 1 atom stereocenters. The van der Waals surface area contributed by atoms with Crippen LogP contribution in [0.2, 0.25) is 5.02 Å². The van der Waals surface area contributed by atoms with E-state index >= 15 is 0 Å². The lowest BCUT2D eigenvalue weighted by Crippen LogP contribution is -2.50. The Labute approximate surface area is 185 Å². The van der Waals surface area contributed by atoms with Crippen LogP contribution in [0.15, 0.2) is 48.5 Å². The lowest BCUT2D eigenvalue weighted by Gasteiger charge is -2.38. The number of esters is 1. The molecule has 2 aliphatic rings. The first-order chi connectivity index (χ1) is 15.1. The number of ether oxygens (including phenoxy) is 3. The second-order valence-corrected chi connectivity index (χ2v) is 7.66. The van der Waals surface area contributed by atoms with E-state index in [-0.39, 0.29) is 18.7 Å². The molecule has 0 aliphatic carbocycles. The topological polar surface area (TPSA) is 68.3 Å². The minimum Gasteiger partial charge on any atom is -0.468 e. The molecule has 2 aliphatic heterocycles. The van der Waals surface area contributed by atoms with E-state index in [1.807, 2.05) is 41.3 Å². The molecule has 1 saturated heterocycles. The van der Waals surface area contributed by atoms with Gasteiger partial charge in [0.25, 0.3) is 0 Å². The number of amides is 1. The molecule has 1 unspecified atom stereocenters. The monoisotopic (exact) mass is 442 g/mol. The van der Waals surface area contributed by atoms with Crippen molar-refractivity contribution in [2.75, 3.05) is 40.1 Å². The van der Waals surface area contributed by atoms with Crippen LogP contribution in [0.3, 0.4) is 0 Å². The van der Waals surface area contributed by atoms with E-state index in [2.05, 4.69) is 0 Å². The van der Waals surface area contributed by atoms with Crippen molar-refractivity contribution in [3.63, 3.8) is 0 Å². The summed E-state index contributed by atoms with van der Waals surface area (Å²) < 4.78 is 15.7. The molecule has 4 rings (SSSR count). The number of halogens is 1. The van der Waals surface area contributed by atoms with Crippen molar-refractivity contribution in [2.24, 2.45) is 0 Å². The average molecular weight is 443 g/mol. The Bertz CT molecular complexity index is 1000. The zero-order valence-electron chi connectivity index (χ0n) is 17.1. The molecule has 0 saturated carbocycles. The summed E-state index contributed by atoms with van der Waals surface area (Å²) in [7, 11) is 1.37. The van der Waals surface area contributed by atoms with E-state index in [4.69, 9.17) is 25.8 Å². The Morgan fingerprint density at radius 1 is 1.06 bits per heavy atom. The van der Waals surface area contributed by atoms with Crippen LogP contribution in [-0.2, 0) is 14.3 Å². The van der Waals surface area contributed by atoms with Crippen LogP contribution < -0.4 is 9.47 Å². The second kappa shape index (κ2) is 9.41. The first kappa shape index (κ1) is 21.2. The van der Waals surface area contributed by atoms with Gasteiger partial charge in [0.1, 0.15) is 6.04 Å². The van der Waals surface area contributed by atoms with Gasteiger partial charge < -0.3 is 19.1 Å². The Kier molecular flexibility index (Phi) is 6.44. The number of carbonyl (C=O) groups excluding carboxylic acids is 2. The van der Waals surface area contributed by atoms with Gasteiger partial charge in [-0.05, 0) is 35.4 Å². The molecule has 0 N–H and O–H groups in total. The fraction of sp³-hybridized carbons (Fsp3) is 0.304. The maximum absolute atomic E-state index is 12.6. The van der Waals surface area contributed by atoms with Crippen molar-refractivity contribution < 1.29 is 23.8 Å². The van der Waals surface area contributed by atoms with Gasteiger partial charge in [-0.3, -0.25) is 9.69 Å². The second-order valence-electron chi connectivity index (χ2n) is 7.25. The summed E-state index contributed by atoms with van der Waals surface area (Å²) in [6, 6.07) is 12.2. The van der Waals surface area contributed by atoms with Crippen LogP contribution >= 0.6 is 11.6 Å². The van der Waals surface area contributed by atoms with Gasteiger partial charge in [0.05, 0.1) is 7.11 Å². The lowest BCUT2D eigenvalue weighted by atomic mass is 10.0. The number of piperazine rings is 1. The van der Waals surface area contributed by atoms with Gasteiger partial charge in [-0.1, -0.05) is 35.9 Å². The molecule has 2 aromatic rings. The summed E-state index contributed by atoms with van der Waals surface area (Å²) >= 11 is 6.33. The van der Waals surface area contributed by atoms with Crippen LogP contribution in [-0.4, -0.2) is 61.8 Å². The van der Waals surface area contributed by atoms with Gasteiger partial charge >= 0.3 is 5.97 Å². The molecule has 8 heteroatoms. The van der Waals surface area contributed by atoms with Crippen LogP contribution in [0.1, 0.15) is 17.2 Å². The van der Waals surface area contributed by atoms with Crippen LogP contribution in [0.4, 0.5) is 0 Å². The summed E-state index contributed by atoms with van der Waals surface area (Å²) in [5, 5.41) is 0.517. The first-order valence-corrected chi connectivity index (χ1v) is 10.4. The maximum atomic E-state index is 12.6. The Morgan fingerprint density at radius 2 is 1.81 bits per heavy atom. The number of rotatable bonds is 5. The molecule has 7 nitrogen and oxygen atoms in total.